The number of hydrogen-bond donors (Lipinski definition) is 0. The van der Waals surface area contributed by atoms with Gasteiger partial charge in [0.2, 0.25) is 17.6 Å². The third-order valence-electron chi connectivity index (χ3n) is 0.929. The Balaban J connectivity index is 2.89. The molecule has 0 fully saturated rings. The van der Waals surface area contributed by atoms with Gasteiger partial charge >= 0.3 is 0 Å². The maximum absolute atomic E-state index is 3.76. The summed E-state index contributed by atoms with van der Waals surface area (Å²) >= 11 is 0. The summed E-state index contributed by atoms with van der Waals surface area (Å²) < 4.78 is 0. The molecule has 0 unspecified atom stereocenters. The fraction of sp³-hybridized carbons (Fsp3) is 0. The van der Waals surface area contributed by atoms with Crippen LogP contribution in [0.1, 0.15) is 0 Å². The van der Waals surface area contributed by atoms with Crippen molar-refractivity contribution >= 4 is 11.3 Å². The molecule has 0 aliphatic heterocycles. The fourth-order valence-electron chi connectivity index (χ4n) is 0.547. The fourth-order valence-corrected chi connectivity index (χ4v) is 0.547. The van der Waals surface area contributed by atoms with Crippen LogP contribution in [0.3, 0.4) is 0 Å². The summed E-state index contributed by atoms with van der Waals surface area (Å²) in [7, 11) is 0. The lowest BCUT2D eigenvalue weighted by Crippen LogP contribution is -1.94. The van der Waals surface area contributed by atoms with Crippen LogP contribution in [-0.4, -0.2) is 30.4 Å². The molecule has 6 heteroatoms. The van der Waals surface area contributed by atoms with Gasteiger partial charge in [0, 0.05) is 0 Å². The van der Waals surface area contributed by atoms with Gasteiger partial charge in [-0.15, -0.1) is 20.4 Å². The molecule has 0 amide bonds. The Morgan fingerprint density at radius 3 is 3.10 bits per heavy atom. The van der Waals surface area contributed by atoms with E-state index >= 15 is 0 Å². The van der Waals surface area contributed by atoms with Crippen molar-refractivity contribution in [1.82, 2.24) is 30.4 Å². The van der Waals surface area contributed by atoms with Crippen LogP contribution in [0.25, 0.3) is 11.3 Å². The first-order chi connectivity index (χ1) is 4.97. The molecule has 2 aromatic rings. The molecule has 0 aliphatic rings. The Bertz CT molecular complexity index is 281. The summed E-state index contributed by atoms with van der Waals surface area (Å²) in [6.07, 6.45) is 3.59. The van der Waals surface area contributed by atoms with Gasteiger partial charge in [-0.05, 0) is 0 Å². The van der Waals surface area contributed by atoms with E-state index in [1.807, 2.05) is 0 Å². The largest absolute Gasteiger partial charge is 0.240 e. The quantitative estimate of drug-likeness (QED) is 0.459. The van der Waals surface area contributed by atoms with Crippen LogP contribution in [0, 0.1) is 6.33 Å². The van der Waals surface area contributed by atoms with Gasteiger partial charge in [0.15, 0.2) is 0 Å². The minimum absolute atomic E-state index is 0.334. The second-order valence-electron chi connectivity index (χ2n) is 1.52. The molecule has 0 spiro atoms. The predicted octanol–water partition coefficient (Wildman–Crippen LogP) is -0.990. The molecule has 2 aromatic heterocycles. The summed E-state index contributed by atoms with van der Waals surface area (Å²) in [5.74, 6) is 0. The molecular formula is C4HN6. The summed E-state index contributed by atoms with van der Waals surface area (Å²) in [5.41, 5.74) is 0.742. The third-order valence-corrected chi connectivity index (χ3v) is 0.929. The Kier molecular flexibility index (Phi) is 0.970. The van der Waals surface area contributed by atoms with Crippen molar-refractivity contribution in [3.05, 3.63) is 12.7 Å². The van der Waals surface area contributed by atoms with E-state index in [0.29, 0.717) is 11.3 Å². The van der Waals surface area contributed by atoms with E-state index in [1.54, 1.807) is 0 Å². The normalized spacial score (nSPS) is 10.0. The summed E-state index contributed by atoms with van der Waals surface area (Å²) in [4.78, 5) is 7.43. The van der Waals surface area contributed by atoms with Gasteiger partial charge < -0.3 is 0 Å². The maximum Gasteiger partial charge on any atom is 0.240 e. The van der Waals surface area contributed by atoms with Crippen LogP contribution in [-0.2, 0) is 0 Å². The Morgan fingerprint density at radius 2 is 2.20 bits per heavy atom. The zero-order chi connectivity index (χ0) is 6.81. The van der Waals surface area contributed by atoms with Gasteiger partial charge in [-0.25, -0.2) is 9.97 Å². The van der Waals surface area contributed by atoms with Crippen molar-refractivity contribution < 1.29 is 0 Å². The van der Waals surface area contributed by atoms with Crippen LogP contribution in [0.4, 0.5) is 0 Å². The monoisotopic (exact) mass is 133 g/mol. The van der Waals surface area contributed by atoms with Gasteiger partial charge in [0.05, 0.1) is 0 Å². The van der Waals surface area contributed by atoms with Crippen molar-refractivity contribution in [1.29, 1.82) is 0 Å². The molecule has 47 valence electrons. The first-order valence-electron chi connectivity index (χ1n) is 2.51. The topological polar surface area (TPSA) is 77.3 Å². The third kappa shape index (κ3) is 0.661. The van der Waals surface area contributed by atoms with E-state index in [4.69, 9.17) is 0 Å². The molecule has 0 aromatic carbocycles. The van der Waals surface area contributed by atoms with E-state index in [9.17, 15) is 0 Å². The number of aromatic nitrogens is 6. The summed E-state index contributed by atoms with van der Waals surface area (Å²) in [5, 5.41) is 14.1. The van der Waals surface area contributed by atoms with Crippen molar-refractivity contribution in [2.24, 2.45) is 0 Å². The second kappa shape index (κ2) is 1.90. The lowest BCUT2D eigenvalue weighted by Gasteiger charge is -1.85. The Morgan fingerprint density at radius 1 is 1.20 bits per heavy atom. The van der Waals surface area contributed by atoms with Crippen LogP contribution in [0.5, 0.6) is 0 Å². The van der Waals surface area contributed by atoms with Crippen molar-refractivity contribution in [2.45, 2.75) is 0 Å². The second-order valence-corrected chi connectivity index (χ2v) is 1.52. The first kappa shape index (κ1) is 5.10. The molecule has 0 saturated heterocycles. The zero-order valence-corrected chi connectivity index (χ0v) is 4.76. The van der Waals surface area contributed by atoms with E-state index in [0.717, 1.165) is 0 Å². The summed E-state index contributed by atoms with van der Waals surface area (Å²) in [6, 6.07) is 0. The van der Waals surface area contributed by atoms with Crippen molar-refractivity contribution in [3.8, 4) is 0 Å². The van der Waals surface area contributed by atoms with Gasteiger partial charge in [-0.2, -0.15) is 0 Å². The molecule has 0 N–H and O–H groups in total. The average molecular weight is 133 g/mol. The molecule has 0 bridgehead atoms. The molecule has 10 heavy (non-hydrogen) atoms. The highest BCUT2D eigenvalue weighted by atomic mass is 15.2. The lowest BCUT2D eigenvalue weighted by molar-refractivity contribution is 0.919. The smallest absolute Gasteiger partial charge is 0.211 e. The van der Waals surface area contributed by atoms with Crippen molar-refractivity contribution in [2.75, 3.05) is 0 Å². The van der Waals surface area contributed by atoms with Gasteiger partial charge in [0.1, 0.15) is 6.33 Å². The maximum atomic E-state index is 3.76. The van der Waals surface area contributed by atoms with Crippen LogP contribution in [0.15, 0.2) is 6.33 Å². The molecule has 0 saturated carbocycles. The molecule has 6 nitrogen and oxygen atoms in total. The van der Waals surface area contributed by atoms with Crippen molar-refractivity contribution in [3.63, 3.8) is 0 Å². The van der Waals surface area contributed by atoms with Gasteiger partial charge in [0.25, 0.3) is 0 Å². The molecular weight excluding hydrogens is 132 g/mol. The highest BCUT2D eigenvalue weighted by molar-refractivity contribution is 5.60. The lowest BCUT2D eigenvalue weighted by atomic mass is 10.7. The highest BCUT2D eigenvalue weighted by Crippen LogP contribution is 1.92. The first-order valence-corrected chi connectivity index (χ1v) is 2.51. The van der Waals surface area contributed by atoms with E-state index in [2.05, 4.69) is 36.7 Å². The summed E-state index contributed by atoms with van der Waals surface area (Å²) in [6.45, 7) is 0. The molecule has 2 rings (SSSR count). The minimum Gasteiger partial charge on any atom is -0.211 e. The van der Waals surface area contributed by atoms with Crippen LogP contribution < -0.4 is 0 Å². The molecule has 0 atom stereocenters. The standard InChI is InChI=1S/C4HN6/c1-5-3-4(9-7-1)10-8-2-6-3/h1H. The average Bonchev–Trinajstić information content (AvgIpc) is 2.05. The number of hydrogen-bond acceptors (Lipinski definition) is 6. The number of nitrogens with zero attached hydrogens (tertiary/aromatic N) is 6. The van der Waals surface area contributed by atoms with Crippen LogP contribution in [0.2, 0.25) is 0 Å². The number of rotatable bonds is 0. The predicted molar refractivity (Wildman–Crippen MR) is 29.6 cm³/mol. The molecule has 1 radical (unpaired) electrons. The van der Waals surface area contributed by atoms with Gasteiger partial charge in [-0.3, -0.25) is 0 Å². The Hall–Kier alpha value is -1.72. The molecule has 0 aliphatic carbocycles. The van der Waals surface area contributed by atoms with E-state index < -0.39 is 0 Å². The SMILES string of the molecule is [c]1nnc2nncnc2n1. The minimum atomic E-state index is 0.334. The Labute approximate surface area is 55.4 Å². The van der Waals surface area contributed by atoms with Gasteiger partial charge in [-0.1, -0.05) is 0 Å². The van der Waals surface area contributed by atoms with E-state index in [-0.39, 0.29) is 0 Å². The molecule has 2 heterocycles. The van der Waals surface area contributed by atoms with Crippen LogP contribution >= 0.6 is 0 Å². The highest BCUT2D eigenvalue weighted by Gasteiger charge is 1.94. The zero-order valence-electron chi connectivity index (χ0n) is 4.76. The van der Waals surface area contributed by atoms with E-state index in [1.165, 1.54) is 6.33 Å². The number of fused-ring (bicyclic) bond motifs is 1.